The van der Waals surface area contributed by atoms with Crippen molar-refractivity contribution in [2.75, 3.05) is 13.1 Å². The molecule has 4 N–H and O–H groups in total. The van der Waals surface area contributed by atoms with Gasteiger partial charge in [-0.3, -0.25) is 67.3 Å². The van der Waals surface area contributed by atoms with Crippen LogP contribution < -0.4 is 21.3 Å². The van der Waals surface area contributed by atoms with E-state index in [0.717, 1.165) is 9.80 Å². The molecule has 2 atom stereocenters. The van der Waals surface area contributed by atoms with E-state index in [2.05, 4.69) is 21.3 Å². The summed E-state index contributed by atoms with van der Waals surface area (Å²) >= 11 is 0. The van der Waals surface area contributed by atoms with Crippen LogP contribution in [0, 0.1) is 0 Å². The zero-order chi connectivity index (χ0) is 88.6. The van der Waals surface area contributed by atoms with E-state index >= 15 is 0 Å². The van der Waals surface area contributed by atoms with Crippen molar-refractivity contribution in [1.29, 1.82) is 0 Å². The number of carbonyl (C=O) groups is 14. The highest BCUT2D eigenvalue weighted by molar-refractivity contribution is 6.41. The van der Waals surface area contributed by atoms with Crippen LogP contribution in [0.3, 0.4) is 0 Å². The average Bonchev–Trinajstić information content (AvgIpc) is 0.694. The third kappa shape index (κ3) is 27.5. The first-order valence-electron chi connectivity index (χ1n) is 41.0. The number of hydrogen-bond donors (Lipinski definition) is 4. The van der Waals surface area contributed by atoms with Gasteiger partial charge in [0.05, 0.1) is 0 Å². The number of rotatable bonds is 34. The zero-order valence-electron chi connectivity index (χ0n) is 73.8. The van der Waals surface area contributed by atoms with E-state index in [-0.39, 0.29) is 151 Å². The summed E-state index contributed by atoms with van der Waals surface area (Å²) in [5.74, 6) is -7.38. The van der Waals surface area contributed by atoms with E-state index in [1.165, 1.54) is 0 Å². The summed E-state index contributed by atoms with van der Waals surface area (Å²) in [7, 11) is 0. The molecule has 0 radical (unpaired) electrons. The van der Waals surface area contributed by atoms with Crippen molar-refractivity contribution in [2.24, 2.45) is 0 Å². The largest absolute Gasteiger partial charge is 0.460 e. The Morgan fingerprint density at radius 2 is 0.492 bits per heavy atom. The Hall–Kier alpha value is -10.0. The molecule has 648 valence electrons. The molecule has 0 spiro atoms. The summed E-state index contributed by atoms with van der Waals surface area (Å²) in [6.07, 6.45) is -3.40. The first kappa shape index (κ1) is 95.1. The number of carbonyl (C=O) groups excluding carboxylic acids is 14. The lowest BCUT2D eigenvalue weighted by Crippen LogP contribution is -2.56. The number of esters is 6. The molecule has 0 saturated carbocycles. The minimum absolute atomic E-state index is 0.0585. The Balaban J connectivity index is 1.13. The van der Waals surface area contributed by atoms with Crippen molar-refractivity contribution in [3.05, 3.63) is 70.8 Å². The normalized spacial score (nSPS) is 14.4. The van der Waals surface area contributed by atoms with Crippen molar-refractivity contribution in [1.82, 2.24) is 31.1 Å². The van der Waals surface area contributed by atoms with Gasteiger partial charge in [0.2, 0.25) is 11.8 Å². The topological polar surface area (TPSA) is 367 Å². The van der Waals surface area contributed by atoms with Crippen LogP contribution in [0.15, 0.2) is 48.5 Å². The van der Waals surface area contributed by atoms with Gasteiger partial charge < -0.3 is 59.2 Å². The van der Waals surface area contributed by atoms with E-state index < -0.39 is 151 Å². The summed E-state index contributed by atoms with van der Waals surface area (Å²) < 4.78 is 45.2. The van der Waals surface area contributed by atoms with Gasteiger partial charge in [-0.1, -0.05) is 24.3 Å². The highest BCUT2D eigenvalue weighted by atomic mass is 16.6. The maximum absolute atomic E-state index is 15.0. The molecule has 118 heavy (non-hydrogen) atoms. The van der Waals surface area contributed by atoms with E-state index in [4.69, 9.17) is 37.9 Å². The molecule has 28 heteroatoms. The third-order valence-electron chi connectivity index (χ3n) is 19.2. The maximum Gasteiger partial charge on any atom is 0.408 e. The number of ether oxygens (including phenoxy) is 8. The van der Waals surface area contributed by atoms with E-state index in [9.17, 15) is 67.1 Å². The Bertz CT molecular complexity index is 4070. The van der Waals surface area contributed by atoms with Crippen LogP contribution in [0.2, 0.25) is 0 Å². The first-order chi connectivity index (χ1) is 54.1. The second-order valence-electron chi connectivity index (χ2n) is 39.1. The second-order valence-corrected chi connectivity index (χ2v) is 39.1. The van der Waals surface area contributed by atoms with Crippen molar-refractivity contribution in [3.8, 4) is 0 Å². The van der Waals surface area contributed by atoms with Crippen LogP contribution in [0.4, 0.5) is 9.59 Å². The van der Waals surface area contributed by atoms with E-state index in [0.29, 0.717) is 43.1 Å². The second kappa shape index (κ2) is 37.1. The fourth-order valence-corrected chi connectivity index (χ4v) is 14.7. The predicted octanol–water partition coefficient (Wildman–Crippen LogP) is 15.5. The molecule has 2 aliphatic rings. The standard InChI is InChI=1S/C90H126N6O22/c1-81(2,3)111-63(97)39-45-89(46-40-64(98)112-82(4,5)6,47-41-65(99)113-83(7,8)9)93-73(103)61(91-79(109)117-87(19,20)21)29-25-27-51-95-75(105)57-35-31-53-55-33-37-59-72-60(38-34-56(70(55)72)54-32-36-58(76(95)106)71(57)69(53)54)78(108)96(77(59)107)52-28-26-30-62(92-80(110)118-88(22,23)24)74(104)94-90(48-42-66(100)114-84(10,11)12,49-43-67(101)115-85(13,14)15)50-44-68(102)116-86(16,17)18/h31-38,61-62H,25-30,39-52H2,1-24H3,(H,91,109)(H,92,110)(H,93,103)(H,94,104)/t61-,62-/m1/s1. The monoisotopic (exact) mass is 1640 g/mol. The lowest BCUT2D eigenvalue weighted by molar-refractivity contribution is -0.158. The first-order valence-corrected chi connectivity index (χ1v) is 41.0. The van der Waals surface area contributed by atoms with Gasteiger partial charge in [0.1, 0.15) is 56.9 Å². The number of benzene rings is 5. The van der Waals surface area contributed by atoms with Crippen LogP contribution in [-0.4, -0.2) is 174 Å². The van der Waals surface area contributed by atoms with Crippen LogP contribution in [0.25, 0.3) is 43.1 Å². The minimum atomic E-state index is -1.46. The van der Waals surface area contributed by atoms with E-state index in [1.807, 2.05) is 0 Å². The Labute approximate surface area is 693 Å². The number of imide groups is 2. The van der Waals surface area contributed by atoms with Crippen molar-refractivity contribution < 1.29 is 105 Å². The highest BCUT2D eigenvalue weighted by Gasteiger charge is 2.43. The van der Waals surface area contributed by atoms with Gasteiger partial charge in [-0.25, -0.2) is 9.59 Å². The van der Waals surface area contributed by atoms with E-state index in [1.54, 1.807) is 215 Å². The fourth-order valence-electron chi connectivity index (χ4n) is 14.7. The molecule has 0 saturated heterocycles. The quantitative estimate of drug-likeness (QED) is 0.00742. The maximum atomic E-state index is 15.0. The average molecular weight is 1640 g/mol. The summed E-state index contributed by atoms with van der Waals surface area (Å²) in [6, 6.07) is 11.1. The lowest BCUT2D eigenvalue weighted by Gasteiger charge is -2.37. The SMILES string of the molecule is CC(C)(C)OC(=O)CCC(CCC(=O)OC(C)(C)C)(CCC(=O)OC(C)(C)C)NC(=O)[C@@H](CCCCN1C(=O)c2ccc3c4ccc5c6c(ccc(c7ccc(c2c37)C1=O)c64)C(=O)N(CCCC[C@@H](NC(=O)OC(C)(C)C)C(=O)NC(CCC(=O)OC(C)(C)C)(CCC(=O)OC(C)(C)C)CCC(=O)OC(C)(C)C)C5=O)NC(=O)OC(C)(C)C. The van der Waals surface area contributed by atoms with Gasteiger partial charge in [-0.05, 0) is 300 Å². The van der Waals surface area contributed by atoms with Crippen molar-refractivity contribution in [3.63, 3.8) is 0 Å². The minimum Gasteiger partial charge on any atom is -0.460 e. The lowest BCUT2D eigenvalue weighted by atomic mass is 9.82. The Kier molecular flexibility index (Phi) is 29.9. The molecule has 8 amide bonds. The van der Waals surface area contributed by atoms with Gasteiger partial charge in [0.15, 0.2) is 0 Å². The number of alkyl carbamates (subject to hydrolysis) is 2. The molecule has 0 aliphatic carbocycles. The van der Waals surface area contributed by atoms with Crippen molar-refractivity contribution in [2.45, 2.75) is 350 Å². The number of fused-ring (bicyclic) bond motifs is 2. The molecular formula is C90H126N6O22. The molecule has 5 aromatic rings. The van der Waals surface area contributed by atoms with Gasteiger partial charge >= 0.3 is 48.0 Å². The summed E-state index contributed by atoms with van der Waals surface area (Å²) in [4.78, 5) is 200. The van der Waals surface area contributed by atoms with Gasteiger partial charge in [-0.2, -0.15) is 0 Å². The van der Waals surface area contributed by atoms with Crippen LogP contribution in [-0.2, 0) is 76.3 Å². The van der Waals surface area contributed by atoms with Gasteiger partial charge in [0.25, 0.3) is 23.6 Å². The molecule has 2 aliphatic heterocycles. The summed E-state index contributed by atoms with van der Waals surface area (Å²) in [5, 5.41) is 16.2. The smallest absolute Gasteiger partial charge is 0.408 e. The molecule has 0 fully saturated rings. The molecule has 5 aromatic carbocycles. The summed E-state index contributed by atoms with van der Waals surface area (Å²) in [6.45, 7) is 40.4. The van der Waals surface area contributed by atoms with Crippen LogP contribution >= 0.6 is 0 Å². The number of hydrogen-bond acceptors (Lipinski definition) is 22. The van der Waals surface area contributed by atoms with Crippen LogP contribution in [0.1, 0.15) is 323 Å². The number of nitrogens with zero attached hydrogens (tertiary/aromatic N) is 2. The molecule has 7 rings (SSSR count). The molecule has 0 aromatic heterocycles. The highest BCUT2D eigenvalue weighted by Crippen LogP contribution is 2.47. The predicted molar refractivity (Wildman–Crippen MR) is 445 cm³/mol. The molecule has 28 nitrogen and oxygen atoms in total. The van der Waals surface area contributed by atoms with Gasteiger partial charge in [-0.15, -0.1) is 0 Å². The Morgan fingerprint density at radius 1 is 0.288 bits per heavy atom. The summed E-state index contributed by atoms with van der Waals surface area (Å²) in [5.41, 5.74) is -9.13. The molecular weight excluding hydrogens is 1520 g/mol. The fraction of sp³-hybridized carbons (Fsp3) is 0.622. The van der Waals surface area contributed by atoms with Crippen molar-refractivity contribution >= 4 is 127 Å². The molecule has 0 unspecified atom stereocenters. The number of unbranched alkanes of at least 4 members (excludes halogenated alkanes) is 2. The van der Waals surface area contributed by atoms with Crippen LogP contribution in [0.5, 0.6) is 0 Å². The number of amides is 8. The Morgan fingerprint density at radius 3 is 0.686 bits per heavy atom. The number of nitrogens with one attached hydrogen (secondary N) is 4. The third-order valence-corrected chi connectivity index (χ3v) is 19.2. The zero-order valence-corrected chi connectivity index (χ0v) is 73.8. The molecule has 2 heterocycles. The van der Waals surface area contributed by atoms with Gasteiger partial charge in [0, 0.05) is 95.7 Å². The molecule has 0 bridgehead atoms.